The molecule has 1 spiro atoms. The third-order valence-corrected chi connectivity index (χ3v) is 6.38. The highest BCUT2D eigenvalue weighted by Gasteiger charge is 2.50. The summed E-state index contributed by atoms with van der Waals surface area (Å²) in [5, 5.41) is 20.3. The van der Waals surface area contributed by atoms with E-state index in [1.165, 1.54) is 0 Å². The number of hydrogen-bond acceptors (Lipinski definition) is 5. The van der Waals surface area contributed by atoms with Crippen LogP contribution in [0.3, 0.4) is 0 Å². The highest BCUT2D eigenvalue weighted by Crippen LogP contribution is 2.46. The summed E-state index contributed by atoms with van der Waals surface area (Å²) in [6.07, 6.45) is 2.74. The molecular weight excluding hydrogens is 378 g/mol. The van der Waals surface area contributed by atoms with Crippen LogP contribution in [0.25, 0.3) is 16.7 Å². The maximum absolute atomic E-state index is 12.8. The van der Waals surface area contributed by atoms with E-state index in [1.54, 1.807) is 13.2 Å². The van der Waals surface area contributed by atoms with Crippen molar-refractivity contribution in [1.82, 2.24) is 0 Å². The number of nitriles is 1. The van der Waals surface area contributed by atoms with Gasteiger partial charge in [0, 0.05) is 7.11 Å². The van der Waals surface area contributed by atoms with Gasteiger partial charge in [-0.15, -0.1) is 0 Å². The molecule has 5 heteroatoms. The number of aliphatic hydroxyl groups excluding tert-OH is 1. The van der Waals surface area contributed by atoms with E-state index in [0.29, 0.717) is 24.0 Å². The molecule has 0 unspecified atom stereocenters. The van der Waals surface area contributed by atoms with E-state index >= 15 is 0 Å². The summed E-state index contributed by atoms with van der Waals surface area (Å²) in [5.41, 5.74) is 4.41. The van der Waals surface area contributed by atoms with Gasteiger partial charge >= 0.3 is 5.97 Å². The minimum atomic E-state index is -0.929. The molecule has 1 N–H and O–H groups in total. The predicted molar refractivity (Wildman–Crippen MR) is 114 cm³/mol. The Labute approximate surface area is 176 Å². The largest absolute Gasteiger partial charge is 0.507 e. The zero-order valence-electron chi connectivity index (χ0n) is 17.5. The van der Waals surface area contributed by atoms with E-state index in [1.807, 2.05) is 44.2 Å². The van der Waals surface area contributed by atoms with Crippen LogP contribution in [0, 0.1) is 25.2 Å². The molecule has 1 heterocycles. The number of methoxy groups -OCH3 is 1. The molecule has 0 amide bonds. The van der Waals surface area contributed by atoms with Crippen LogP contribution in [0.15, 0.2) is 42.2 Å². The second kappa shape index (κ2) is 7.62. The van der Waals surface area contributed by atoms with E-state index in [4.69, 9.17) is 9.47 Å². The van der Waals surface area contributed by atoms with Gasteiger partial charge in [0.15, 0.2) is 11.4 Å². The van der Waals surface area contributed by atoms with Gasteiger partial charge in [-0.05, 0) is 79.5 Å². The fourth-order valence-corrected chi connectivity index (χ4v) is 4.62. The number of hydrogen-bond donors (Lipinski definition) is 1. The average Bonchev–Trinajstić information content (AvgIpc) is 2.99. The normalized spacial score (nSPS) is 23.5. The van der Waals surface area contributed by atoms with Gasteiger partial charge in [-0.3, -0.25) is 0 Å². The predicted octanol–water partition coefficient (Wildman–Crippen LogP) is 5.00. The van der Waals surface area contributed by atoms with Crippen LogP contribution in [-0.2, 0) is 14.3 Å². The van der Waals surface area contributed by atoms with Crippen LogP contribution in [0.5, 0.6) is 0 Å². The monoisotopic (exact) mass is 403 g/mol. The standard InChI is InChI=1S/C25H25NO4/c1-15-12-21(16(2)11-20(15)18-6-4-5-17(13-18)14-26)22-23(27)25(30-24(22)28)9-7-19(29-3)8-10-25/h4-6,11-13,19,27H,7-10H2,1-3H3. The highest BCUT2D eigenvalue weighted by molar-refractivity contribution is 6.20. The average molecular weight is 403 g/mol. The first kappa shape index (κ1) is 20.2. The number of nitrogens with zero attached hydrogens (tertiary/aromatic N) is 1. The van der Waals surface area contributed by atoms with Gasteiger partial charge < -0.3 is 14.6 Å². The number of rotatable bonds is 3. The minimum Gasteiger partial charge on any atom is -0.507 e. The van der Waals surface area contributed by atoms with Crippen LogP contribution in [0.1, 0.15) is 47.9 Å². The Hall–Kier alpha value is -3.10. The Morgan fingerprint density at radius 3 is 2.47 bits per heavy atom. The number of ether oxygens (including phenoxy) is 2. The topological polar surface area (TPSA) is 79.5 Å². The lowest BCUT2D eigenvalue weighted by molar-refractivity contribution is -0.151. The minimum absolute atomic E-state index is 0.0452. The number of benzene rings is 2. The molecule has 0 bridgehead atoms. The number of carbonyl (C=O) groups excluding carboxylic acids is 1. The summed E-state index contributed by atoms with van der Waals surface area (Å²) >= 11 is 0. The maximum Gasteiger partial charge on any atom is 0.343 e. The van der Waals surface area contributed by atoms with Crippen molar-refractivity contribution in [2.45, 2.75) is 51.2 Å². The molecular formula is C25H25NO4. The van der Waals surface area contributed by atoms with Crippen LogP contribution in [0.2, 0.25) is 0 Å². The Kier molecular flexibility index (Phi) is 5.13. The molecule has 0 atom stereocenters. The Bertz CT molecular complexity index is 1080. The van der Waals surface area contributed by atoms with Crippen molar-refractivity contribution in [1.29, 1.82) is 5.26 Å². The molecule has 0 aromatic heterocycles. The molecule has 0 saturated heterocycles. The zero-order valence-corrected chi connectivity index (χ0v) is 17.5. The lowest BCUT2D eigenvalue weighted by atomic mass is 9.80. The van der Waals surface area contributed by atoms with Crippen molar-refractivity contribution in [3.05, 3.63) is 64.4 Å². The van der Waals surface area contributed by atoms with Gasteiger partial charge in [0.1, 0.15) is 5.57 Å². The number of aliphatic hydroxyl groups is 1. The van der Waals surface area contributed by atoms with E-state index in [2.05, 4.69) is 6.07 Å². The number of carbonyl (C=O) groups is 1. The van der Waals surface area contributed by atoms with Gasteiger partial charge in [0.25, 0.3) is 0 Å². The smallest absolute Gasteiger partial charge is 0.343 e. The van der Waals surface area contributed by atoms with Gasteiger partial charge in [-0.2, -0.15) is 5.26 Å². The van der Waals surface area contributed by atoms with E-state index in [0.717, 1.165) is 35.1 Å². The number of esters is 1. The van der Waals surface area contributed by atoms with E-state index in [-0.39, 0.29) is 17.4 Å². The van der Waals surface area contributed by atoms with Crippen LogP contribution in [0.4, 0.5) is 0 Å². The summed E-state index contributed by atoms with van der Waals surface area (Å²) in [6, 6.07) is 13.5. The summed E-state index contributed by atoms with van der Waals surface area (Å²) < 4.78 is 11.2. The molecule has 30 heavy (non-hydrogen) atoms. The summed E-state index contributed by atoms with van der Waals surface area (Å²) in [7, 11) is 1.68. The van der Waals surface area contributed by atoms with E-state index < -0.39 is 11.6 Å². The fraction of sp³-hybridized carbons (Fsp3) is 0.360. The second-order valence-corrected chi connectivity index (χ2v) is 8.22. The SMILES string of the molecule is COC1CCC2(CC1)OC(=O)C(c1cc(C)c(-c3cccc(C#N)c3)cc1C)=C2O. The Morgan fingerprint density at radius 1 is 1.13 bits per heavy atom. The lowest BCUT2D eigenvalue weighted by Crippen LogP contribution is -2.38. The third kappa shape index (κ3) is 3.28. The van der Waals surface area contributed by atoms with Crippen LogP contribution in [-0.4, -0.2) is 29.9 Å². The van der Waals surface area contributed by atoms with Gasteiger partial charge in [0.2, 0.25) is 0 Å². The van der Waals surface area contributed by atoms with Crippen LogP contribution >= 0.6 is 0 Å². The first-order valence-electron chi connectivity index (χ1n) is 10.2. The van der Waals surface area contributed by atoms with Crippen LogP contribution < -0.4 is 0 Å². The molecule has 2 aliphatic rings. The first-order chi connectivity index (χ1) is 14.4. The van der Waals surface area contributed by atoms with Crippen molar-refractivity contribution in [3.8, 4) is 17.2 Å². The first-order valence-corrected chi connectivity index (χ1v) is 10.2. The molecule has 5 nitrogen and oxygen atoms in total. The molecule has 1 saturated carbocycles. The zero-order chi connectivity index (χ0) is 21.5. The molecule has 2 aromatic rings. The lowest BCUT2D eigenvalue weighted by Gasteiger charge is -2.35. The third-order valence-electron chi connectivity index (χ3n) is 6.38. The number of aryl methyl sites for hydroxylation is 2. The van der Waals surface area contributed by atoms with Crippen molar-refractivity contribution in [2.24, 2.45) is 0 Å². The second-order valence-electron chi connectivity index (χ2n) is 8.22. The Morgan fingerprint density at radius 2 is 1.80 bits per heavy atom. The van der Waals surface area contributed by atoms with Gasteiger partial charge in [-0.1, -0.05) is 24.3 Å². The molecule has 1 aliphatic carbocycles. The van der Waals surface area contributed by atoms with E-state index in [9.17, 15) is 15.2 Å². The highest BCUT2D eigenvalue weighted by atomic mass is 16.6. The summed E-state index contributed by atoms with van der Waals surface area (Å²) in [6.45, 7) is 3.89. The van der Waals surface area contributed by atoms with Crippen molar-refractivity contribution in [3.63, 3.8) is 0 Å². The maximum atomic E-state index is 12.8. The molecule has 1 aliphatic heterocycles. The molecule has 1 fully saturated rings. The molecule has 4 rings (SSSR count). The Balaban J connectivity index is 1.75. The van der Waals surface area contributed by atoms with Gasteiger partial charge in [0.05, 0.1) is 17.7 Å². The fourth-order valence-electron chi connectivity index (χ4n) is 4.62. The van der Waals surface area contributed by atoms with Crippen molar-refractivity contribution >= 4 is 11.5 Å². The summed E-state index contributed by atoms with van der Waals surface area (Å²) in [4.78, 5) is 12.8. The molecule has 2 aromatic carbocycles. The quantitative estimate of drug-likeness (QED) is 0.730. The summed E-state index contributed by atoms with van der Waals surface area (Å²) in [5.74, 6) is -0.422. The van der Waals surface area contributed by atoms with Crippen molar-refractivity contribution in [2.75, 3.05) is 7.11 Å². The van der Waals surface area contributed by atoms with Gasteiger partial charge in [-0.25, -0.2) is 4.79 Å². The molecule has 154 valence electrons. The van der Waals surface area contributed by atoms with Crippen molar-refractivity contribution < 1.29 is 19.4 Å². The molecule has 0 radical (unpaired) electrons.